The average Bonchev–Trinajstić information content (AvgIpc) is 3.14. The molecular weight excluding hydrogens is 364 g/mol. The number of rotatable bonds is 7. The number of fused-ring (bicyclic) bond motifs is 1. The van der Waals surface area contributed by atoms with Gasteiger partial charge in [0, 0.05) is 35.9 Å². The molecule has 9 heteroatoms. The lowest BCUT2D eigenvalue weighted by Crippen LogP contribution is -2.44. The lowest BCUT2D eigenvalue weighted by atomic mass is 10.0. The van der Waals surface area contributed by atoms with E-state index < -0.39 is 30.5 Å². The highest BCUT2D eigenvalue weighted by Crippen LogP contribution is 2.19. The molecular formula is C19H18N4O5. The van der Waals surface area contributed by atoms with E-state index in [1.54, 1.807) is 6.20 Å². The summed E-state index contributed by atoms with van der Waals surface area (Å²) in [6, 6.07) is 6.69. The second-order valence-electron chi connectivity index (χ2n) is 5.87. The zero-order valence-corrected chi connectivity index (χ0v) is 15.0. The Hall–Kier alpha value is -3.75. The SMILES string of the molecule is COC(=O)[C@H](Cc1c[nH]c2ccccc12)NC(=O)COC(=O)c1cnccn1. The van der Waals surface area contributed by atoms with Crippen molar-refractivity contribution in [1.29, 1.82) is 0 Å². The number of amides is 1. The number of aromatic amines is 1. The van der Waals surface area contributed by atoms with E-state index in [0.717, 1.165) is 16.5 Å². The van der Waals surface area contributed by atoms with Crippen LogP contribution in [0.4, 0.5) is 0 Å². The number of benzene rings is 1. The van der Waals surface area contributed by atoms with Crippen molar-refractivity contribution in [3.63, 3.8) is 0 Å². The Morgan fingerprint density at radius 3 is 2.79 bits per heavy atom. The molecule has 0 fully saturated rings. The zero-order valence-electron chi connectivity index (χ0n) is 15.0. The number of esters is 2. The van der Waals surface area contributed by atoms with Gasteiger partial charge in [0.25, 0.3) is 5.91 Å². The second kappa shape index (κ2) is 8.76. The van der Waals surface area contributed by atoms with Crippen LogP contribution in [0.5, 0.6) is 0 Å². The Morgan fingerprint density at radius 1 is 1.21 bits per heavy atom. The van der Waals surface area contributed by atoms with Crippen molar-refractivity contribution in [2.45, 2.75) is 12.5 Å². The number of hydrogen-bond donors (Lipinski definition) is 2. The number of H-pyrrole nitrogens is 1. The van der Waals surface area contributed by atoms with Crippen molar-refractivity contribution < 1.29 is 23.9 Å². The van der Waals surface area contributed by atoms with Gasteiger partial charge in [0.2, 0.25) is 0 Å². The van der Waals surface area contributed by atoms with Crippen LogP contribution in [-0.4, -0.2) is 52.6 Å². The highest BCUT2D eigenvalue weighted by atomic mass is 16.5. The highest BCUT2D eigenvalue weighted by Gasteiger charge is 2.24. The predicted octanol–water partition coefficient (Wildman–Crippen LogP) is 1.02. The van der Waals surface area contributed by atoms with Crippen molar-refractivity contribution in [3.8, 4) is 0 Å². The van der Waals surface area contributed by atoms with Gasteiger partial charge in [-0.2, -0.15) is 0 Å². The molecule has 1 aromatic carbocycles. The van der Waals surface area contributed by atoms with Gasteiger partial charge in [0.1, 0.15) is 6.04 Å². The minimum absolute atomic E-state index is 0.0152. The molecule has 0 aliphatic heterocycles. The third kappa shape index (κ3) is 4.50. The van der Waals surface area contributed by atoms with Crippen molar-refractivity contribution >= 4 is 28.7 Å². The maximum absolute atomic E-state index is 12.2. The third-order valence-corrected chi connectivity index (χ3v) is 4.03. The quantitative estimate of drug-likeness (QED) is 0.585. The predicted molar refractivity (Wildman–Crippen MR) is 98.3 cm³/mol. The molecule has 144 valence electrons. The first-order valence-corrected chi connectivity index (χ1v) is 8.44. The maximum Gasteiger partial charge on any atom is 0.359 e. The van der Waals surface area contributed by atoms with E-state index in [0.29, 0.717) is 0 Å². The van der Waals surface area contributed by atoms with Crippen LogP contribution in [0.1, 0.15) is 16.1 Å². The standard InChI is InChI=1S/C19H18N4O5/c1-27-18(25)15(8-12-9-22-14-5-3-2-4-13(12)14)23-17(24)11-28-19(26)16-10-20-6-7-21-16/h2-7,9-10,15,22H,8,11H2,1H3,(H,23,24)/t15-/m0/s1. The highest BCUT2D eigenvalue weighted by molar-refractivity contribution is 5.91. The molecule has 0 aliphatic carbocycles. The van der Waals surface area contributed by atoms with Crippen LogP contribution in [0, 0.1) is 0 Å². The number of aromatic nitrogens is 3. The number of nitrogens with zero attached hydrogens (tertiary/aromatic N) is 2. The number of hydrogen-bond acceptors (Lipinski definition) is 7. The summed E-state index contributed by atoms with van der Waals surface area (Å²) in [7, 11) is 1.24. The number of ether oxygens (including phenoxy) is 2. The Bertz CT molecular complexity index is 986. The molecule has 3 aromatic rings. The van der Waals surface area contributed by atoms with Gasteiger partial charge in [-0.05, 0) is 11.6 Å². The van der Waals surface area contributed by atoms with Crippen LogP contribution in [0.25, 0.3) is 10.9 Å². The van der Waals surface area contributed by atoms with Crippen LogP contribution in [-0.2, 0) is 25.5 Å². The summed E-state index contributed by atoms with van der Waals surface area (Å²) >= 11 is 0. The number of nitrogens with one attached hydrogen (secondary N) is 2. The summed E-state index contributed by atoms with van der Waals surface area (Å²) in [4.78, 5) is 46.7. The third-order valence-electron chi connectivity index (χ3n) is 4.03. The Labute approximate surface area is 160 Å². The normalized spacial score (nSPS) is 11.6. The van der Waals surface area contributed by atoms with Gasteiger partial charge in [-0.25, -0.2) is 14.6 Å². The Balaban J connectivity index is 1.63. The van der Waals surface area contributed by atoms with Crippen LogP contribution in [0.3, 0.4) is 0 Å². The molecule has 0 radical (unpaired) electrons. The summed E-state index contributed by atoms with van der Waals surface area (Å²) in [5, 5.41) is 3.48. The van der Waals surface area contributed by atoms with Crippen LogP contribution >= 0.6 is 0 Å². The lowest BCUT2D eigenvalue weighted by Gasteiger charge is -2.16. The molecule has 1 amide bonds. The van der Waals surface area contributed by atoms with Gasteiger partial charge < -0.3 is 19.8 Å². The smallest absolute Gasteiger partial charge is 0.359 e. The molecule has 0 bridgehead atoms. The van der Waals surface area contributed by atoms with Gasteiger partial charge in [0.05, 0.1) is 13.3 Å². The van der Waals surface area contributed by atoms with Gasteiger partial charge in [-0.3, -0.25) is 9.78 Å². The first kappa shape index (κ1) is 19.0. The molecule has 2 N–H and O–H groups in total. The largest absolute Gasteiger partial charge is 0.467 e. The topological polar surface area (TPSA) is 123 Å². The molecule has 3 rings (SSSR count). The van der Waals surface area contributed by atoms with Crippen molar-refractivity contribution in [2.75, 3.05) is 13.7 Å². The number of carbonyl (C=O) groups excluding carboxylic acids is 3. The number of para-hydroxylation sites is 1. The fourth-order valence-electron chi connectivity index (χ4n) is 2.70. The second-order valence-corrected chi connectivity index (χ2v) is 5.87. The van der Waals surface area contributed by atoms with E-state index in [1.165, 1.54) is 25.7 Å². The lowest BCUT2D eigenvalue weighted by molar-refractivity contribution is -0.145. The molecule has 0 saturated carbocycles. The van der Waals surface area contributed by atoms with E-state index >= 15 is 0 Å². The molecule has 2 heterocycles. The monoisotopic (exact) mass is 382 g/mol. The molecule has 1 atom stereocenters. The number of methoxy groups -OCH3 is 1. The summed E-state index contributed by atoms with van der Waals surface area (Å²) in [5.41, 5.74) is 1.76. The summed E-state index contributed by atoms with van der Waals surface area (Å²) < 4.78 is 9.68. The van der Waals surface area contributed by atoms with E-state index in [2.05, 4.69) is 20.3 Å². The zero-order chi connectivity index (χ0) is 19.9. The van der Waals surface area contributed by atoms with E-state index in [-0.39, 0.29) is 12.1 Å². The number of carbonyl (C=O) groups is 3. The van der Waals surface area contributed by atoms with Gasteiger partial charge in [-0.15, -0.1) is 0 Å². The minimum Gasteiger partial charge on any atom is -0.467 e. The fourth-order valence-corrected chi connectivity index (χ4v) is 2.70. The molecule has 2 aromatic heterocycles. The van der Waals surface area contributed by atoms with E-state index in [1.807, 2.05) is 24.3 Å². The van der Waals surface area contributed by atoms with Crippen molar-refractivity contribution in [2.24, 2.45) is 0 Å². The molecule has 9 nitrogen and oxygen atoms in total. The van der Waals surface area contributed by atoms with Crippen molar-refractivity contribution in [3.05, 3.63) is 60.3 Å². The van der Waals surface area contributed by atoms with Gasteiger partial charge in [0.15, 0.2) is 12.3 Å². The summed E-state index contributed by atoms with van der Waals surface area (Å²) in [5.74, 6) is -2.01. The Kier molecular flexibility index (Phi) is 5.95. The van der Waals surface area contributed by atoms with Gasteiger partial charge >= 0.3 is 11.9 Å². The van der Waals surface area contributed by atoms with Crippen LogP contribution < -0.4 is 5.32 Å². The first-order chi connectivity index (χ1) is 13.6. The molecule has 0 saturated heterocycles. The minimum atomic E-state index is -0.924. The maximum atomic E-state index is 12.2. The molecule has 0 spiro atoms. The fraction of sp³-hybridized carbons (Fsp3) is 0.211. The van der Waals surface area contributed by atoms with E-state index in [4.69, 9.17) is 9.47 Å². The van der Waals surface area contributed by atoms with E-state index in [9.17, 15) is 14.4 Å². The van der Waals surface area contributed by atoms with Gasteiger partial charge in [-0.1, -0.05) is 18.2 Å². The summed E-state index contributed by atoms with van der Waals surface area (Å²) in [6.45, 7) is -0.559. The summed E-state index contributed by atoms with van der Waals surface area (Å²) in [6.07, 6.45) is 5.98. The van der Waals surface area contributed by atoms with Crippen LogP contribution in [0.2, 0.25) is 0 Å². The molecule has 28 heavy (non-hydrogen) atoms. The first-order valence-electron chi connectivity index (χ1n) is 8.44. The molecule has 0 unspecified atom stereocenters. The molecule has 0 aliphatic rings. The van der Waals surface area contributed by atoms with Crippen LogP contribution in [0.15, 0.2) is 49.1 Å². The Morgan fingerprint density at radius 2 is 2.04 bits per heavy atom. The average molecular weight is 382 g/mol. The van der Waals surface area contributed by atoms with Crippen molar-refractivity contribution in [1.82, 2.24) is 20.3 Å².